The number of aryl methyl sites for hydroxylation is 1. The van der Waals surface area contributed by atoms with Gasteiger partial charge in [0.05, 0.1) is 17.5 Å². The lowest BCUT2D eigenvalue weighted by atomic mass is 9.51. The molecule has 7 nitrogen and oxygen atoms in total. The molecule has 3 aromatic heterocycles. The number of halogens is 1. The van der Waals surface area contributed by atoms with Gasteiger partial charge in [0.15, 0.2) is 5.82 Å². The summed E-state index contributed by atoms with van der Waals surface area (Å²) >= 11 is 0. The zero-order valence-corrected chi connectivity index (χ0v) is 16.8. The SMILES string of the molecule is Cn1cc(-c2c[nH]c3ncc(F)cc23)nc(NC23CC4CC(CC(O)(C4)C2)C3)c1=O. The molecule has 0 amide bonds. The van der Waals surface area contributed by atoms with Crippen LogP contribution in [0.4, 0.5) is 10.2 Å². The molecule has 7 rings (SSSR count). The molecule has 30 heavy (non-hydrogen) atoms. The predicted octanol–water partition coefficient (Wildman–Crippen LogP) is 2.96. The van der Waals surface area contributed by atoms with Gasteiger partial charge in [-0.25, -0.2) is 14.4 Å². The molecule has 4 saturated carbocycles. The first-order chi connectivity index (χ1) is 14.3. The molecule has 4 bridgehead atoms. The van der Waals surface area contributed by atoms with Crippen molar-refractivity contribution in [3.05, 3.63) is 40.8 Å². The van der Waals surface area contributed by atoms with Gasteiger partial charge in [0.1, 0.15) is 11.5 Å². The average molecular weight is 409 g/mol. The zero-order valence-electron chi connectivity index (χ0n) is 16.8. The number of aromatic nitrogens is 4. The maximum absolute atomic E-state index is 13.8. The van der Waals surface area contributed by atoms with Crippen LogP contribution in [0.2, 0.25) is 0 Å². The van der Waals surface area contributed by atoms with Crippen molar-refractivity contribution in [2.24, 2.45) is 18.9 Å². The van der Waals surface area contributed by atoms with Gasteiger partial charge in [0, 0.05) is 35.9 Å². The number of nitrogens with one attached hydrogen (secondary N) is 2. The van der Waals surface area contributed by atoms with Gasteiger partial charge >= 0.3 is 0 Å². The Kier molecular flexibility index (Phi) is 3.56. The van der Waals surface area contributed by atoms with Crippen LogP contribution >= 0.6 is 0 Å². The summed E-state index contributed by atoms with van der Waals surface area (Å²) in [6, 6.07) is 1.42. The van der Waals surface area contributed by atoms with Gasteiger partial charge in [0.2, 0.25) is 0 Å². The number of hydrogen-bond donors (Lipinski definition) is 3. The Balaban J connectivity index is 1.42. The predicted molar refractivity (Wildman–Crippen MR) is 111 cm³/mol. The van der Waals surface area contributed by atoms with Crippen molar-refractivity contribution in [3.63, 3.8) is 0 Å². The molecule has 3 aromatic rings. The number of anilines is 1. The summed E-state index contributed by atoms with van der Waals surface area (Å²) in [5, 5.41) is 15.1. The van der Waals surface area contributed by atoms with E-state index in [-0.39, 0.29) is 11.1 Å². The van der Waals surface area contributed by atoms with E-state index in [9.17, 15) is 14.3 Å². The highest BCUT2D eigenvalue weighted by Crippen LogP contribution is 2.58. The number of pyridine rings is 1. The minimum absolute atomic E-state index is 0.203. The summed E-state index contributed by atoms with van der Waals surface area (Å²) < 4.78 is 15.3. The second-order valence-corrected chi connectivity index (χ2v) is 9.73. The van der Waals surface area contributed by atoms with Crippen molar-refractivity contribution >= 4 is 16.9 Å². The van der Waals surface area contributed by atoms with Gasteiger partial charge in [0.25, 0.3) is 5.56 Å². The van der Waals surface area contributed by atoms with Crippen LogP contribution in [0.1, 0.15) is 38.5 Å². The van der Waals surface area contributed by atoms with Crippen LogP contribution in [-0.4, -0.2) is 35.8 Å². The lowest BCUT2D eigenvalue weighted by Gasteiger charge is -2.60. The highest BCUT2D eigenvalue weighted by Gasteiger charge is 2.57. The molecule has 0 spiro atoms. The molecular formula is C22H24FN5O2. The molecule has 2 unspecified atom stereocenters. The first-order valence-corrected chi connectivity index (χ1v) is 10.5. The molecule has 0 aromatic carbocycles. The topological polar surface area (TPSA) is 95.8 Å². The van der Waals surface area contributed by atoms with Crippen LogP contribution in [0, 0.1) is 17.7 Å². The Morgan fingerprint density at radius 2 is 2.07 bits per heavy atom. The highest BCUT2D eigenvalue weighted by molar-refractivity contribution is 5.92. The maximum atomic E-state index is 13.8. The molecule has 2 atom stereocenters. The molecule has 8 heteroatoms. The number of fused-ring (bicyclic) bond motifs is 1. The molecular weight excluding hydrogens is 385 g/mol. The van der Waals surface area contributed by atoms with E-state index in [1.807, 2.05) is 0 Å². The lowest BCUT2D eigenvalue weighted by molar-refractivity contribution is -0.127. The lowest BCUT2D eigenvalue weighted by Crippen LogP contribution is -2.62. The molecule has 3 heterocycles. The van der Waals surface area contributed by atoms with Crippen molar-refractivity contribution in [2.45, 2.75) is 49.7 Å². The van der Waals surface area contributed by atoms with E-state index in [1.165, 1.54) is 23.3 Å². The summed E-state index contributed by atoms with van der Waals surface area (Å²) in [5.74, 6) is 0.865. The summed E-state index contributed by atoms with van der Waals surface area (Å²) in [6.45, 7) is 0. The van der Waals surface area contributed by atoms with Crippen molar-refractivity contribution in [1.29, 1.82) is 0 Å². The molecule has 3 N–H and O–H groups in total. The van der Waals surface area contributed by atoms with Gasteiger partial charge in [-0.2, -0.15) is 0 Å². The van der Waals surface area contributed by atoms with Gasteiger partial charge < -0.3 is 20.0 Å². The molecule has 0 radical (unpaired) electrons. The first-order valence-electron chi connectivity index (χ1n) is 10.5. The fourth-order valence-electron chi connectivity index (χ4n) is 6.62. The molecule has 4 fully saturated rings. The second-order valence-electron chi connectivity index (χ2n) is 9.73. The van der Waals surface area contributed by atoms with E-state index in [0.717, 1.165) is 25.7 Å². The first kappa shape index (κ1) is 18.1. The zero-order chi connectivity index (χ0) is 20.7. The van der Waals surface area contributed by atoms with Crippen LogP contribution < -0.4 is 10.9 Å². The Labute approximate surface area is 172 Å². The molecule has 0 saturated heterocycles. The maximum Gasteiger partial charge on any atom is 0.293 e. The highest BCUT2D eigenvalue weighted by atomic mass is 19.1. The van der Waals surface area contributed by atoms with Crippen LogP contribution in [-0.2, 0) is 7.05 Å². The summed E-state index contributed by atoms with van der Waals surface area (Å²) in [6.07, 6.45) is 10.1. The number of rotatable bonds is 3. The third-order valence-electron chi connectivity index (χ3n) is 7.26. The number of nitrogens with zero attached hydrogens (tertiary/aromatic N) is 3. The number of aliphatic hydroxyl groups is 1. The van der Waals surface area contributed by atoms with E-state index in [0.29, 0.717) is 46.4 Å². The Morgan fingerprint density at radius 3 is 2.80 bits per heavy atom. The number of hydrogen-bond acceptors (Lipinski definition) is 5. The van der Waals surface area contributed by atoms with Crippen molar-refractivity contribution in [1.82, 2.24) is 19.5 Å². The Morgan fingerprint density at radius 1 is 1.30 bits per heavy atom. The van der Waals surface area contributed by atoms with Gasteiger partial charge in [-0.3, -0.25) is 4.79 Å². The fraction of sp³-hybridized carbons (Fsp3) is 0.500. The van der Waals surface area contributed by atoms with Crippen LogP contribution in [0.5, 0.6) is 0 Å². The average Bonchev–Trinajstić information content (AvgIpc) is 3.06. The quantitative estimate of drug-likeness (QED) is 0.618. The van der Waals surface area contributed by atoms with Crippen molar-refractivity contribution in [2.75, 3.05) is 5.32 Å². The standard InChI is InChI=1S/C22H24FN5O2/c1-28-10-17(16-9-25-18-15(16)3-14(23)8-24-18)26-19(20(28)29)27-21-4-12-2-13(5-21)7-22(30,6-12)11-21/h3,8-10,12-13,30H,2,4-7,11H2,1H3,(H,24,25)(H,26,27). The fourth-order valence-corrected chi connectivity index (χ4v) is 6.62. The van der Waals surface area contributed by atoms with E-state index < -0.39 is 11.4 Å². The summed E-state index contributed by atoms with van der Waals surface area (Å²) in [5.41, 5.74) is 0.719. The second kappa shape index (κ2) is 5.91. The van der Waals surface area contributed by atoms with Crippen molar-refractivity contribution in [3.8, 4) is 11.3 Å². The van der Waals surface area contributed by atoms with E-state index in [4.69, 9.17) is 0 Å². The molecule has 156 valence electrons. The van der Waals surface area contributed by atoms with Crippen LogP contribution in [0.3, 0.4) is 0 Å². The Hall–Kier alpha value is -2.74. The van der Waals surface area contributed by atoms with Crippen molar-refractivity contribution < 1.29 is 9.50 Å². The number of aromatic amines is 1. The smallest absolute Gasteiger partial charge is 0.293 e. The van der Waals surface area contributed by atoms with E-state index >= 15 is 0 Å². The summed E-state index contributed by atoms with van der Waals surface area (Å²) in [4.78, 5) is 24.7. The van der Waals surface area contributed by atoms with Gasteiger partial charge in [-0.05, 0) is 56.4 Å². The minimum atomic E-state index is -0.625. The Bertz CT molecular complexity index is 1220. The molecule has 0 aliphatic heterocycles. The molecule has 4 aliphatic carbocycles. The third kappa shape index (κ3) is 2.70. The molecule has 4 aliphatic rings. The largest absolute Gasteiger partial charge is 0.390 e. The van der Waals surface area contributed by atoms with Crippen LogP contribution in [0.15, 0.2) is 29.5 Å². The van der Waals surface area contributed by atoms with Crippen LogP contribution in [0.25, 0.3) is 22.3 Å². The van der Waals surface area contributed by atoms with E-state index in [2.05, 4.69) is 20.3 Å². The third-order valence-corrected chi connectivity index (χ3v) is 7.26. The summed E-state index contributed by atoms with van der Waals surface area (Å²) in [7, 11) is 1.69. The monoisotopic (exact) mass is 409 g/mol. The minimum Gasteiger partial charge on any atom is -0.390 e. The van der Waals surface area contributed by atoms with Gasteiger partial charge in [-0.1, -0.05) is 0 Å². The number of H-pyrrole nitrogens is 1. The normalized spacial score (nSPS) is 32.1. The van der Waals surface area contributed by atoms with Gasteiger partial charge in [-0.15, -0.1) is 0 Å². The van der Waals surface area contributed by atoms with E-state index in [1.54, 1.807) is 19.4 Å².